The van der Waals surface area contributed by atoms with E-state index >= 15 is 0 Å². The Morgan fingerprint density at radius 1 is 1.28 bits per heavy atom. The van der Waals surface area contributed by atoms with Gasteiger partial charge in [-0.3, -0.25) is 4.79 Å². The molecule has 0 saturated heterocycles. The fourth-order valence-corrected chi connectivity index (χ4v) is 2.77. The molecule has 2 heterocycles. The van der Waals surface area contributed by atoms with E-state index < -0.39 is 5.63 Å². The van der Waals surface area contributed by atoms with Crippen molar-refractivity contribution in [1.29, 1.82) is 0 Å². The molecule has 0 aliphatic rings. The predicted molar refractivity (Wildman–Crippen MR) is 94.9 cm³/mol. The third-order valence-corrected chi connectivity index (χ3v) is 4.19. The summed E-state index contributed by atoms with van der Waals surface area (Å²) in [6.45, 7) is 3.01. The van der Waals surface area contributed by atoms with Gasteiger partial charge >= 0.3 is 5.63 Å². The van der Waals surface area contributed by atoms with Crippen LogP contribution in [0, 0.1) is 6.92 Å². The second-order valence-electron chi connectivity index (χ2n) is 5.80. The maximum absolute atomic E-state index is 12.3. The van der Waals surface area contributed by atoms with Gasteiger partial charge in [0, 0.05) is 36.9 Å². The van der Waals surface area contributed by atoms with Crippen LogP contribution in [0.3, 0.4) is 0 Å². The van der Waals surface area contributed by atoms with Crippen LogP contribution in [0.15, 0.2) is 51.9 Å². The first-order chi connectivity index (χ1) is 12.1. The molecule has 130 valence electrons. The molecule has 6 heteroatoms. The normalized spacial score (nSPS) is 10.8. The Bertz CT molecular complexity index is 942. The van der Waals surface area contributed by atoms with Gasteiger partial charge in [0.2, 0.25) is 5.91 Å². The maximum atomic E-state index is 12.3. The summed E-state index contributed by atoms with van der Waals surface area (Å²) in [5, 5.41) is 3.63. The van der Waals surface area contributed by atoms with Crippen LogP contribution < -0.4 is 15.7 Å². The van der Waals surface area contributed by atoms with Gasteiger partial charge in [-0.05, 0) is 36.8 Å². The van der Waals surface area contributed by atoms with Crippen molar-refractivity contribution in [2.75, 3.05) is 13.7 Å². The van der Waals surface area contributed by atoms with Gasteiger partial charge in [0.05, 0.1) is 19.1 Å². The van der Waals surface area contributed by atoms with E-state index in [4.69, 9.17) is 9.15 Å². The minimum atomic E-state index is -0.487. The molecule has 0 fully saturated rings. The topological polar surface area (TPSA) is 73.5 Å². The van der Waals surface area contributed by atoms with Gasteiger partial charge in [0.25, 0.3) is 0 Å². The lowest BCUT2D eigenvalue weighted by Crippen LogP contribution is -2.30. The Morgan fingerprint density at radius 2 is 2.04 bits per heavy atom. The molecule has 0 radical (unpaired) electrons. The summed E-state index contributed by atoms with van der Waals surface area (Å²) in [5.74, 6) is 0.418. The van der Waals surface area contributed by atoms with Crippen LogP contribution >= 0.6 is 0 Å². The molecule has 2 aromatic heterocycles. The number of fused-ring (bicyclic) bond motifs is 1. The minimum Gasteiger partial charge on any atom is -0.497 e. The molecule has 3 aromatic rings. The zero-order valence-corrected chi connectivity index (χ0v) is 14.2. The molecule has 0 aliphatic carbocycles. The summed E-state index contributed by atoms with van der Waals surface area (Å²) >= 11 is 0. The largest absolute Gasteiger partial charge is 0.497 e. The maximum Gasteiger partial charge on any atom is 0.340 e. The highest BCUT2D eigenvalue weighted by atomic mass is 16.5. The number of hydrogen-bond donors (Lipinski definition) is 1. The lowest BCUT2D eigenvalue weighted by atomic mass is 10.0. The number of carbonyl (C=O) groups is 1. The summed E-state index contributed by atoms with van der Waals surface area (Å²) in [4.78, 5) is 24.4. The fraction of sp³-hybridized carbons (Fsp3) is 0.263. The third-order valence-electron chi connectivity index (χ3n) is 4.19. The van der Waals surface area contributed by atoms with Crippen LogP contribution in [0.25, 0.3) is 11.0 Å². The van der Waals surface area contributed by atoms with Crippen LogP contribution in [-0.4, -0.2) is 24.1 Å². The zero-order valence-electron chi connectivity index (χ0n) is 14.2. The van der Waals surface area contributed by atoms with Gasteiger partial charge in [-0.25, -0.2) is 4.79 Å². The van der Waals surface area contributed by atoms with Gasteiger partial charge in [0.1, 0.15) is 11.3 Å². The number of rotatable bonds is 6. The monoisotopic (exact) mass is 340 g/mol. The van der Waals surface area contributed by atoms with Gasteiger partial charge in [-0.2, -0.15) is 0 Å². The van der Waals surface area contributed by atoms with E-state index in [2.05, 4.69) is 5.32 Å². The minimum absolute atomic E-state index is 0.00180. The average molecular weight is 340 g/mol. The van der Waals surface area contributed by atoms with E-state index in [0.717, 1.165) is 10.9 Å². The summed E-state index contributed by atoms with van der Waals surface area (Å²) in [7, 11) is 1.55. The van der Waals surface area contributed by atoms with Gasteiger partial charge < -0.3 is 19.0 Å². The van der Waals surface area contributed by atoms with Gasteiger partial charge in [-0.15, -0.1) is 0 Å². The summed E-state index contributed by atoms with van der Waals surface area (Å²) < 4.78 is 12.5. The van der Waals surface area contributed by atoms with E-state index in [0.29, 0.717) is 30.0 Å². The van der Waals surface area contributed by atoms with Crippen molar-refractivity contribution < 1.29 is 13.9 Å². The second kappa shape index (κ2) is 7.25. The van der Waals surface area contributed by atoms with Crippen LogP contribution in [0.1, 0.15) is 11.1 Å². The lowest BCUT2D eigenvalue weighted by Gasteiger charge is -2.10. The van der Waals surface area contributed by atoms with E-state index in [-0.39, 0.29) is 12.3 Å². The van der Waals surface area contributed by atoms with Gasteiger partial charge in [-0.1, -0.05) is 0 Å². The second-order valence-corrected chi connectivity index (χ2v) is 5.80. The molecule has 0 saturated carbocycles. The van der Waals surface area contributed by atoms with E-state index in [9.17, 15) is 9.59 Å². The first kappa shape index (κ1) is 16.8. The zero-order chi connectivity index (χ0) is 17.8. The molecule has 1 N–H and O–H groups in total. The molecule has 1 aromatic carbocycles. The van der Waals surface area contributed by atoms with E-state index in [1.165, 1.54) is 0 Å². The molecule has 6 nitrogen and oxygen atoms in total. The van der Waals surface area contributed by atoms with Crippen molar-refractivity contribution >= 4 is 16.9 Å². The Labute approximate surface area is 145 Å². The molecule has 0 aliphatic heterocycles. The van der Waals surface area contributed by atoms with Crippen molar-refractivity contribution in [2.45, 2.75) is 19.9 Å². The van der Waals surface area contributed by atoms with Crippen LogP contribution in [0.5, 0.6) is 5.75 Å². The molecule has 0 atom stereocenters. The number of aromatic nitrogens is 1. The molecule has 0 bridgehead atoms. The smallest absolute Gasteiger partial charge is 0.340 e. The Morgan fingerprint density at radius 3 is 2.76 bits per heavy atom. The number of nitrogens with zero attached hydrogens (tertiary/aromatic N) is 1. The number of carbonyl (C=O) groups excluding carboxylic acids is 1. The number of hydrogen-bond acceptors (Lipinski definition) is 4. The number of methoxy groups -OCH3 is 1. The molecule has 0 unspecified atom stereocenters. The van der Waals surface area contributed by atoms with Crippen molar-refractivity contribution in [3.8, 4) is 5.75 Å². The number of benzene rings is 1. The Balaban J connectivity index is 1.74. The lowest BCUT2D eigenvalue weighted by molar-refractivity contribution is -0.120. The molecular formula is C19H20N2O4. The summed E-state index contributed by atoms with van der Waals surface area (Å²) in [6, 6.07) is 9.17. The highest BCUT2D eigenvalue weighted by molar-refractivity contribution is 5.85. The van der Waals surface area contributed by atoms with Gasteiger partial charge in [0.15, 0.2) is 0 Å². The van der Waals surface area contributed by atoms with Crippen molar-refractivity contribution in [1.82, 2.24) is 9.88 Å². The number of ether oxygens (including phenoxy) is 1. The Kier molecular flexibility index (Phi) is 4.88. The van der Waals surface area contributed by atoms with E-state index in [1.54, 1.807) is 19.2 Å². The average Bonchev–Trinajstić information content (AvgIpc) is 3.11. The standard InChI is InChI=1S/C19H20N2O4/c1-13-15-6-5-14(24-2)11-17(15)25-19(23)16(13)12-18(22)20-7-10-21-8-3-4-9-21/h3-6,8-9,11H,7,10,12H2,1-2H3,(H,20,22). The van der Waals surface area contributed by atoms with Crippen LogP contribution in [-0.2, 0) is 17.8 Å². The molecule has 0 spiro atoms. The summed E-state index contributed by atoms with van der Waals surface area (Å²) in [6.07, 6.45) is 3.87. The number of nitrogens with one attached hydrogen (secondary N) is 1. The summed E-state index contributed by atoms with van der Waals surface area (Å²) in [5.41, 5.74) is 1.11. The van der Waals surface area contributed by atoms with E-state index in [1.807, 2.05) is 42.1 Å². The van der Waals surface area contributed by atoms with Crippen LogP contribution in [0.2, 0.25) is 0 Å². The Hall–Kier alpha value is -3.02. The fourth-order valence-electron chi connectivity index (χ4n) is 2.77. The highest BCUT2D eigenvalue weighted by Crippen LogP contribution is 2.24. The molecule has 3 rings (SSSR count). The highest BCUT2D eigenvalue weighted by Gasteiger charge is 2.15. The number of aryl methyl sites for hydroxylation is 1. The molecule has 1 amide bonds. The van der Waals surface area contributed by atoms with Crippen molar-refractivity contribution in [3.05, 3.63) is 64.3 Å². The first-order valence-corrected chi connectivity index (χ1v) is 8.06. The van der Waals surface area contributed by atoms with Crippen molar-refractivity contribution in [3.63, 3.8) is 0 Å². The first-order valence-electron chi connectivity index (χ1n) is 8.06. The SMILES string of the molecule is COc1ccc2c(C)c(CC(=O)NCCn3cccc3)c(=O)oc2c1. The third kappa shape index (κ3) is 3.74. The van der Waals surface area contributed by atoms with Crippen LogP contribution in [0.4, 0.5) is 0 Å². The predicted octanol–water partition coefficient (Wildman–Crippen LogP) is 2.27. The molecule has 25 heavy (non-hydrogen) atoms. The molecular weight excluding hydrogens is 320 g/mol. The number of amides is 1. The van der Waals surface area contributed by atoms with Crippen molar-refractivity contribution in [2.24, 2.45) is 0 Å². The quantitative estimate of drug-likeness (QED) is 0.699.